The molecule has 154 valence electrons. The van der Waals surface area contributed by atoms with Gasteiger partial charge in [0.05, 0.1) is 10.3 Å². The molecule has 0 bridgehead atoms. The zero-order valence-corrected chi connectivity index (χ0v) is 16.3. The summed E-state index contributed by atoms with van der Waals surface area (Å²) in [4.78, 5) is 12.1. The maximum absolute atomic E-state index is 14.1. The molecular formula is C17H16ClF2N5O3S. The largest absolute Gasteiger partial charge is 0.396 e. The quantitative estimate of drug-likeness (QED) is 0.305. The zero-order chi connectivity index (χ0) is 20.9. The van der Waals surface area contributed by atoms with Crippen molar-refractivity contribution in [1.29, 1.82) is 0 Å². The minimum absolute atomic E-state index is 0.0254. The summed E-state index contributed by atoms with van der Waals surface area (Å²) in [6.07, 6.45) is -0.784. The Bertz CT molecular complexity index is 1100. The van der Waals surface area contributed by atoms with E-state index in [-0.39, 0.29) is 50.7 Å². The normalized spacial score (nSPS) is 24.3. The summed E-state index contributed by atoms with van der Waals surface area (Å²) in [5.74, 6) is -2.33. The van der Waals surface area contributed by atoms with Gasteiger partial charge in [-0.1, -0.05) is 11.6 Å². The van der Waals surface area contributed by atoms with Crippen LogP contribution in [0.2, 0.25) is 5.15 Å². The van der Waals surface area contributed by atoms with Crippen molar-refractivity contribution >= 4 is 44.9 Å². The number of aromatic nitrogens is 3. The topological polar surface area (TPSA) is 137 Å². The van der Waals surface area contributed by atoms with Crippen molar-refractivity contribution in [2.45, 2.75) is 24.7 Å². The number of nitrogens with zero attached hydrogens (tertiary/aromatic N) is 3. The summed E-state index contributed by atoms with van der Waals surface area (Å²) in [6, 6.07) is 1.86. The summed E-state index contributed by atoms with van der Waals surface area (Å²) in [5.41, 5.74) is 3.94. The van der Waals surface area contributed by atoms with Gasteiger partial charge in [0, 0.05) is 18.6 Å². The van der Waals surface area contributed by atoms with Gasteiger partial charge in [-0.05, 0) is 18.9 Å². The lowest BCUT2D eigenvalue weighted by Crippen LogP contribution is -2.48. The van der Waals surface area contributed by atoms with Crippen LogP contribution in [0.5, 0.6) is 0 Å². The van der Waals surface area contributed by atoms with Gasteiger partial charge in [0.1, 0.15) is 33.4 Å². The third-order valence-corrected chi connectivity index (χ3v) is 6.20. The summed E-state index contributed by atoms with van der Waals surface area (Å²) < 4.78 is 27.9. The van der Waals surface area contributed by atoms with E-state index < -0.39 is 29.4 Å². The fraction of sp³-hybridized carbons (Fsp3) is 0.353. The highest BCUT2D eigenvalue weighted by Gasteiger charge is 2.47. The third kappa shape index (κ3) is 3.49. The number of aliphatic hydroxyl groups is 3. The number of rotatable bonds is 4. The van der Waals surface area contributed by atoms with Gasteiger partial charge >= 0.3 is 0 Å². The van der Waals surface area contributed by atoms with Gasteiger partial charge in [0.15, 0.2) is 11.5 Å². The Morgan fingerprint density at radius 2 is 2.07 bits per heavy atom. The van der Waals surface area contributed by atoms with Gasteiger partial charge < -0.3 is 26.4 Å². The number of hydrogen-bond donors (Lipinski definition) is 5. The van der Waals surface area contributed by atoms with E-state index in [9.17, 15) is 24.1 Å². The number of benzene rings is 1. The van der Waals surface area contributed by atoms with Crippen molar-refractivity contribution in [2.75, 3.05) is 17.7 Å². The minimum Gasteiger partial charge on any atom is -0.396 e. The summed E-state index contributed by atoms with van der Waals surface area (Å²) in [7, 11) is 0. The van der Waals surface area contributed by atoms with Crippen LogP contribution in [0.15, 0.2) is 12.1 Å². The molecule has 0 saturated heterocycles. The Labute approximate surface area is 172 Å². The average molecular weight is 444 g/mol. The van der Waals surface area contributed by atoms with Crippen LogP contribution in [0.25, 0.3) is 20.8 Å². The Hall–Kier alpha value is -2.18. The maximum atomic E-state index is 14.1. The molecule has 1 fully saturated rings. The lowest BCUT2D eigenvalue weighted by Gasteiger charge is -2.30. The van der Waals surface area contributed by atoms with Crippen LogP contribution in [0.3, 0.4) is 0 Å². The molecule has 3 atom stereocenters. The smallest absolute Gasteiger partial charge is 0.223 e. The molecule has 1 aliphatic carbocycles. The van der Waals surface area contributed by atoms with E-state index in [0.29, 0.717) is 6.42 Å². The highest BCUT2D eigenvalue weighted by Crippen LogP contribution is 2.42. The van der Waals surface area contributed by atoms with Crippen molar-refractivity contribution in [2.24, 2.45) is 5.92 Å². The summed E-state index contributed by atoms with van der Waals surface area (Å²) >= 11 is 7.19. The molecular weight excluding hydrogens is 428 g/mol. The molecule has 8 nitrogen and oxygen atoms in total. The molecule has 2 heterocycles. The van der Waals surface area contributed by atoms with Crippen molar-refractivity contribution < 1.29 is 24.1 Å². The van der Waals surface area contributed by atoms with E-state index in [2.05, 4.69) is 20.3 Å². The highest BCUT2D eigenvalue weighted by atomic mass is 35.5. The standard InChI is InChI=1S/C17H16ClF2N5O3S/c18-13-10(15-22-11-8(20)3-7(19)4-9(11)29-15)14(24-16(21)23-13)25-17(28)2-1-6(5-26)12(17)27/h3-4,6,12,26-28H,1-2,5H2,(H3,21,23,24,25). The molecule has 0 spiro atoms. The lowest BCUT2D eigenvalue weighted by molar-refractivity contribution is -0.0545. The first-order valence-electron chi connectivity index (χ1n) is 8.60. The molecule has 1 aromatic carbocycles. The molecule has 2 aromatic heterocycles. The predicted molar refractivity (Wildman–Crippen MR) is 104 cm³/mol. The van der Waals surface area contributed by atoms with Crippen molar-refractivity contribution in [3.8, 4) is 10.6 Å². The second kappa shape index (κ2) is 7.26. The van der Waals surface area contributed by atoms with Crippen LogP contribution in [-0.2, 0) is 0 Å². The second-order valence-electron chi connectivity index (χ2n) is 6.83. The van der Waals surface area contributed by atoms with Gasteiger partial charge in [0.25, 0.3) is 0 Å². The molecule has 6 N–H and O–H groups in total. The SMILES string of the molecule is Nc1nc(Cl)c(-c2nc3c(F)cc(F)cc3s2)c(NC2(O)CCC(CO)C2O)n1. The molecule has 3 unspecified atom stereocenters. The van der Waals surface area contributed by atoms with Crippen LogP contribution in [-0.4, -0.2) is 48.7 Å². The van der Waals surface area contributed by atoms with Crippen molar-refractivity contribution in [3.63, 3.8) is 0 Å². The number of halogens is 3. The van der Waals surface area contributed by atoms with Gasteiger partial charge in [-0.25, -0.2) is 18.7 Å². The number of anilines is 2. The van der Waals surface area contributed by atoms with E-state index >= 15 is 0 Å². The van der Waals surface area contributed by atoms with Gasteiger partial charge in [0.2, 0.25) is 5.95 Å². The lowest BCUT2D eigenvalue weighted by atomic mass is 10.0. The molecule has 29 heavy (non-hydrogen) atoms. The van der Waals surface area contributed by atoms with E-state index in [0.717, 1.165) is 23.5 Å². The molecule has 1 aliphatic rings. The first kappa shape index (κ1) is 20.1. The average Bonchev–Trinajstić information content (AvgIpc) is 3.16. The van der Waals surface area contributed by atoms with Crippen LogP contribution < -0.4 is 11.1 Å². The van der Waals surface area contributed by atoms with Crippen LogP contribution in [0.1, 0.15) is 12.8 Å². The zero-order valence-electron chi connectivity index (χ0n) is 14.7. The molecule has 12 heteroatoms. The van der Waals surface area contributed by atoms with Gasteiger partial charge in [-0.2, -0.15) is 4.98 Å². The Balaban J connectivity index is 1.82. The van der Waals surface area contributed by atoms with Crippen LogP contribution in [0, 0.1) is 17.6 Å². The van der Waals surface area contributed by atoms with E-state index in [1.807, 2.05) is 0 Å². The number of hydrogen-bond acceptors (Lipinski definition) is 9. The van der Waals surface area contributed by atoms with Gasteiger partial charge in [-0.15, -0.1) is 11.3 Å². The Morgan fingerprint density at radius 3 is 2.76 bits per heavy atom. The molecule has 1 saturated carbocycles. The Kier molecular flexibility index (Phi) is 5.03. The Morgan fingerprint density at radius 1 is 1.31 bits per heavy atom. The number of nitrogens with two attached hydrogens (primary N) is 1. The van der Waals surface area contributed by atoms with Crippen molar-refractivity contribution in [1.82, 2.24) is 15.0 Å². The first-order chi connectivity index (χ1) is 13.7. The molecule has 3 aromatic rings. The van der Waals surface area contributed by atoms with Crippen molar-refractivity contribution in [3.05, 3.63) is 28.9 Å². The number of fused-ring (bicyclic) bond motifs is 1. The van der Waals surface area contributed by atoms with E-state index in [1.165, 1.54) is 0 Å². The van der Waals surface area contributed by atoms with Crippen LogP contribution in [0.4, 0.5) is 20.5 Å². The number of thiazole rings is 1. The third-order valence-electron chi connectivity index (χ3n) is 4.91. The molecule has 4 rings (SSSR count). The summed E-state index contributed by atoms with van der Waals surface area (Å²) in [6.45, 7) is -0.298. The number of aliphatic hydroxyl groups excluding tert-OH is 2. The second-order valence-corrected chi connectivity index (χ2v) is 8.21. The molecule has 0 aliphatic heterocycles. The van der Waals surface area contributed by atoms with Crippen LogP contribution >= 0.6 is 22.9 Å². The van der Waals surface area contributed by atoms with E-state index in [4.69, 9.17) is 17.3 Å². The molecule has 0 radical (unpaired) electrons. The summed E-state index contributed by atoms with van der Waals surface area (Å²) in [5, 5.41) is 33.3. The van der Waals surface area contributed by atoms with Gasteiger partial charge in [-0.3, -0.25) is 0 Å². The maximum Gasteiger partial charge on any atom is 0.223 e. The fourth-order valence-electron chi connectivity index (χ4n) is 3.43. The van der Waals surface area contributed by atoms with E-state index in [1.54, 1.807) is 0 Å². The minimum atomic E-state index is -1.81. The fourth-order valence-corrected chi connectivity index (χ4v) is 4.80. The number of nitrogens with one attached hydrogen (secondary N) is 1. The predicted octanol–water partition coefficient (Wildman–Crippen LogP) is 2.13. The monoisotopic (exact) mass is 443 g/mol. The molecule has 0 amide bonds. The number of nitrogen functional groups attached to an aromatic ring is 1. The highest BCUT2D eigenvalue weighted by molar-refractivity contribution is 7.21. The first-order valence-corrected chi connectivity index (χ1v) is 9.79.